The maximum Gasteiger partial charge on any atom is 0.135 e. The highest BCUT2D eigenvalue weighted by atomic mass is 79.9. The van der Waals surface area contributed by atoms with Crippen LogP contribution < -0.4 is 5.32 Å². The molecule has 2 rings (SSSR count). The van der Waals surface area contributed by atoms with Gasteiger partial charge in [-0.25, -0.2) is 0 Å². The first kappa shape index (κ1) is 11.6. The van der Waals surface area contributed by atoms with E-state index >= 15 is 0 Å². The number of aromatic nitrogens is 2. The average Bonchev–Trinajstić information content (AvgIpc) is 2.54. The van der Waals surface area contributed by atoms with Gasteiger partial charge in [0.15, 0.2) is 0 Å². The predicted octanol–water partition coefficient (Wildman–Crippen LogP) is 2.49. The third-order valence-electron chi connectivity index (χ3n) is 2.90. The van der Waals surface area contributed by atoms with E-state index in [2.05, 4.69) is 51.5 Å². The first-order valence-corrected chi connectivity index (χ1v) is 6.19. The Labute approximate surface area is 104 Å². The van der Waals surface area contributed by atoms with Gasteiger partial charge < -0.3 is 5.32 Å². The van der Waals surface area contributed by atoms with Crippen LogP contribution in [0.2, 0.25) is 0 Å². The molecule has 86 valence electrons. The van der Waals surface area contributed by atoms with Crippen molar-refractivity contribution in [2.24, 2.45) is 7.05 Å². The van der Waals surface area contributed by atoms with Crippen molar-refractivity contribution in [3.05, 3.63) is 28.4 Å². The molecule has 0 aliphatic carbocycles. The molecule has 1 aromatic carbocycles. The van der Waals surface area contributed by atoms with Crippen LogP contribution in [0.5, 0.6) is 0 Å². The number of likely N-dealkylation sites (N-methyl/N-ethyl adjacent to an activating group) is 1. The highest BCUT2D eigenvalue weighted by Gasteiger charge is 2.08. The molecule has 3 nitrogen and oxygen atoms in total. The summed E-state index contributed by atoms with van der Waals surface area (Å²) in [5.74, 6) is 0. The van der Waals surface area contributed by atoms with Crippen molar-refractivity contribution in [2.45, 2.75) is 19.4 Å². The standard InChI is InChI=1S/C12H16BrN3/c1-8(14-2)6-9-4-5-11-10(7-9)12(13)15-16(11)3/h4-5,7-8,14H,6H2,1-3H3. The number of nitrogens with one attached hydrogen (secondary N) is 1. The zero-order valence-corrected chi connectivity index (χ0v) is 11.4. The largest absolute Gasteiger partial charge is 0.317 e. The van der Waals surface area contributed by atoms with Gasteiger partial charge in [-0.3, -0.25) is 4.68 Å². The minimum Gasteiger partial charge on any atom is -0.317 e. The molecule has 0 amide bonds. The molecule has 1 N–H and O–H groups in total. The quantitative estimate of drug-likeness (QED) is 0.937. The highest BCUT2D eigenvalue weighted by Crippen LogP contribution is 2.24. The van der Waals surface area contributed by atoms with E-state index in [1.54, 1.807) is 0 Å². The molecule has 0 aliphatic rings. The lowest BCUT2D eigenvalue weighted by Crippen LogP contribution is -2.23. The molecule has 0 saturated carbocycles. The fourth-order valence-corrected chi connectivity index (χ4v) is 2.41. The molecule has 1 aromatic heterocycles. The number of rotatable bonds is 3. The van der Waals surface area contributed by atoms with Crippen molar-refractivity contribution in [1.29, 1.82) is 0 Å². The third-order valence-corrected chi connectivity index (χ3v) is 3.49. The van der Waals surface area contributed by atoms with Gasteiger partial charge in [0.2, 0.25) is 0 Å². The maximum atomic E-state index is 4.35. The van der Waals surface area contributed by atoms with Gasteiger partial charge in [0.05, 0.1) is 5.52 Å². The highest BCUT2D eigenvalue weighted by molar-refractivity contribution is 9.10. The molecule has 1 heterocycles. The van der Waals surface area contributed by atoms with Crippen molar-refractivity contribution in [3.63, 3.8) is 0 Å². The van der Waals surface area contributed by atoms with Gasteiger partial charge >= 0.3 is 0 Å². The number of hydrogen-bond acceptors (Lipinski definition) is 2. The second kappa shape index (κ2) is 4.55. The number of benzene rings is 1. The Morgan fingerprint density at radius 1 is 1.50 bits per heavy atom. The topological polar surface area (TPSA) is 29.9 Å². The van der Waals surface area contributed by atoms with Crippen LogP contribution in [0.1, 0.15) is 12.5 Å². The second-order valence-corrected chi connectivity index (χ2v) is 4.91. The van der Waals surface area contributed by atoms with E-state index in [1.165, 1.54) is 10.9 Å². The summed E-state index contributed by atoms with van der Waals surface area (Å²) in [5, 5.41) is 8.78. The predicted molar refractivity (Wildman–Crippen MR) is 70.6 cm³/mol. The van der Waals surface area contributed by atoms with Crippen molar-refractivity contribution in [2.75, 3.05) is 7.05 Å². The Morgan fingerprint density at radius 2 is 2.25 bits per heavy atom. The van der Waals surface area contributed by atoms with Gasteiger partial charge in [0.1, 0.15) is 4.60 Å². The Morgan fingerprint density at radius 3 is 2.94 bits per heavy atom. The SMILES string of the molecule is CNC(C)Cc1ccc2c(c1)c(Br)nn2C. The molecule has 0 spiro atoms. The lowest BCUT2D eigenvalue weighted by atomic mass is 10.1. The van der Waals surface area contributed by atoms with E-state index in [0.717, 1.165) is 16.5 Å². The number of halogens is 1. The number of nitrogens with zero attached hydrogens (tertiary/aromatic N) is 2. The van der Waals surface area contributed by atoms with Crippen LogP contribution >= 0.6 is 15.9 Å². The van der Waals surface area contributed by atoms with Crippen LogP contribution in [-0.4, -0.2) is 22.9 Å². The van der Waals surface area contributed by atoms with Crippen molar-refractivity contribution in [1.82, 2.24) is 15.1 Å². The summed E-state index contributed by atoms with van der Waals surface area (Å²) in [6.07, 6.45) is 1.04. The Balaban J connectivity index is 2.40. The van der Waals surface area contributed by atoms with Crippen molar-refractivity contribution < 1.29 is 0 Å². The molecular formula is C12H16BrN3. The van der Waals surface area contributed by atoms with E-state index in [0.29, 0.717) is 6.04 Å². The molecular weight excluding hydrogens is 266 g/mol. The summed E-state index contributed by atoms with van der Waals surface area (Å²) in [4.78, 5) is 0. The fraction of sp³-hybridized carbons (Fsp3) is 0.417. The van der Waals surface area contributed by atoms with Gasteiger partial charge in [-0.15, -0.1) is 0 Å². The van der Waals surface area contributed by atoms with Crippen LogP contribution in [0.3, 0.4) is 0 Å². The van der Waals surface area contributed by atoms with Crippen LogP contribution in [0.15, 0.2) is 22.8 Å². The second-order valence-electron chi connectivity index (χ2n) is 4.16. The Bertz CT molecular complexity index is 504. The van der Waals surface area contributed by atoms with Gasteiger partial charge in [0, 0.05) is 18.5 Å². The molecule has 0 bridgehead atoms. The first-order valence-electron chi connectivity index (χ1n) is 5.40. The van der Waals surface area contributed by atoms with Crippen molar-refractivity contribution >= 4 is 26.8 Å². The summed E-state index contributed by atoms with van der Waals surface area (Å²) >= 11 is 3.49. The van der Waals surface area contributed by atoms with Crippen LogP contribution in [0, 0.1) is 0 Å². The molecule has 0 fully saturated rings. The number of fused-ring (bicyclic) bond motifs is 1. The molecule has 16 heavy (non-hydrogen) atoms. The van der Waals surface area contributed by atoms with E-state index in [1.807, 2.05) is 18.8 Å². The molecule has 0 radical (unpaired) electrons. The van der Waals surface area contributed by atoms with Crippen LogP contribution in [-0.2, 0) is 13.5 Å². The van der Waals surface area contributed by atoms with Crippen molar-refractivity contribution in [3.8, 4) is 0 Å². The average molecular weight is 282 g/mol. The molecule has 1 atom stereocenters. The van der Waals surface area contributed by atoms with E-state index in [4.69, 9.17) is 0 Å². The lowest BCUT2D eigenvalue weighted by molar-refractivity contribution is 0.609. The number of hydrogen-bond donors (Lipinski definition) is 1. The molecule has 0 aliphatic heterocycles. The molecule has 4 heteroatoms. The fourth-order valence-electron chi connectivity index (χ4n) is 1.85. The summed E-state index contributed by atoms with van der Waals surface area (Å²) < 4.78 is 2.81. The third kappa shape index (κ3) is 2.13. The Kier molecular flexibility index (Phi) is 3.30. The minimum atomic E-state index is 0.493. The van der Waals surface area contributed by atoms with Crippen LogP contribution in [0.25, 0.3) is 10.9 Å². The molecule has 1 unspecified atom stereocenters. The van der Waals surface area contributed by atoms with Gasteiger partial charge in [-0.1, -0.05) is 6.07 Å². The maximum absolute atomic E-state index is 4.35. The van der Waals surface area contributed by atoms with Gasteiger partial charge in [-0.05, 0) is 54.0 Å². The summed E-state index contributed by atoms with van der Waals surface area (Å²) in [7, 11) is 3.95. The Hall–Kier alpha value is -0.870. The number of aryl methyl sites for hydroxylation is 1. The van der Waals surface area contributed by atoms with E-state index in [9.17, 15) is 0 Å². The van der Waals surface area contributed by atoms with E-state index in [-0.39, 0.29) is 0 Å². The summed E-state index contributed by atoms with van der Waals surface area (Å²) in [6, 6.07) is 7.00. The summed E-state index contributed by atoms with van der Waals surface area (Å²) in [5.41, 5.74) is 2.50. The zero-order valence-electron chi connectivity index (χ0n) is 9.79. The normalized spacial score (nSPS) is 13.2. The first-order chi connectivity index (χ1) is 7.61. The smallest absolute Gasteiger partial charge is 0.135 e. The van der Waals surface area contributed by atoms with Gasteiger partial charge in [-0.2, -0.15) is 5.10 Å². The monoisotopic (exact) mass is 281 g/mol. The van der Waals surface area contributed by atoms with Crippen LogP contribution in [0.4, 0.5) is 0 Å². The summed E-state index contributed by atoms with van der Waals surface area (Å²) in [6.45, 7) is 2.18. The molecule has 0 saturated heterocycles. The van der Waals surface area contributed by atoms with Gasteiger partial charge in [0.25, 0.3) is 0 Å². The zero-order chi connectivity index (χ0) is 11.7. The minimum absolute atomic E-state index is 0.493. The molecule has 2 aromatic rings. The van der Waals surface area contributed by atoms with E-state index < -0.39 is 0 Å². The lowest BCUT2D eigenvalue weighted by Gasteiger charge is -2.09.